The monoisotopic (exact) mass is 171 g/mol. The van der Waals surface area contributed by atoms with Crippen LogP contribution in [0.5, 0.6) is 0 Å². The molecule has 66 valence electrons. The minimum atomic E-state index is 0.108. The van der Waals surface area contributed by atoms with Crippen molar-refractivity contribution < 1.29 is 0 Å². The summed E-state index contributed by atoms with van der Waals surface area (Å²) in [4.78, 5) is 0. The molecule has 0 aromatic carbocycles. The Morgan fingerprint density at radius 3 is 3.08 bits per heavy atom. The predicted molar refractivity (Wildman–Crippen MR) is 53.7 cm³/mol. The molecule has 3 aliphatic rings. The molecule has 1 nitrogen and oxygen atoms in total. The topological polar surface area (TPSA) is 26.0 Å². The van der Waals surface area contributed by atoms with Crippen molar-refractivity contribution in [2.75, 3.05) is 0 Å². The van der Waals surface area contributed by atoms with Gasteiger partial charge in [-0.15, -0.1) is 0 Å². The van der Waals surface area contributed by atoms with Gasteiger partial charge in [-0.1, -0.05) is 36.5 Å². The molecule has 2 N–H and O–H groups in total. The molecule has 0 heterocycles. The Labute approximate surface area is 78.3 Å². The van der Waals surface area contributed by atoms with E-state index in [0.29, 0.717) is 11.8 Å². The smallest absolute Gasteiger partial charge is 0.0386 e. The maximum absolute atomic E-state index is 6.07. The van der Waals surface area contributed by atoms with Gasteiger partial charge < -0.3 is 5.73 Å². The van der Waals surface area contributed by atoms with Crippen LogP contribution in [0, 0.1) is 17.3 Å². The maximum atomic E-state index is 6.07. The summed E-state index contributed by atoms with van der Waals surface area (Å²) in [7, 11) is 0. The predicted octanol–water partition coefficient (Wildman–Crippen LogP) is 2.15. The zero-order valence-electron chi connectivity index (χ0n) is 7.53. The van der Waals surface area contributed by atoms with E-state index in [0.717, 1.165) is 12.1 Å². The highest BCUT2D eigenvalue weighted by Crippen LogP contribution is 2.59. The van der Waals surface area contributed by atoms with Gasteiger partial charge in [0.1, 0.15) is 0 Å². The average molecular weight is 171 g/mol. The molecule has 3 aliphatic carbocycles. The van der Waals surface area contributed by atoms with Crippen LogP contribution in [0.15, 0.2) is 48.2 Å². The summed E-state index contributed by atoms with van der Waals surface area (Å²) in [6.45, 7) is 4.17. The van der Waals surface area contributed by atoms with E-state index in [9.17, 15) is 0 Å². The molecule has 0 radical (unpaired) electrons. The molecule has 3 unspecified atom stereocenters. The van der Waals surface area contributed by atoms with Gasteiger partial charge in [-0.3, -0.25) is 0 Å². The Morgan fingerprint density at radius 2 is 2.31 bits per heavy atom. The fraction of sp³-hybridized carbons (Fsp3) is 0.333. The molecule has 0 aliphatic heterocycles. The molecule has 2 bridgehead atoms. The van der Waals surface area contributed by atoms with Gasteiger partial charge in [-0.25, -0.2) is 0 Å². The van der Waals surface area contributed by atoms with Crippen LogP contribution in [0.1, 0.15) is 6.42 Å². The molecule has 0 aromatic rings. The van der Waals surface area contributed by atoms with Gasteiger partial charge in [0.2, 0.25) is 0 Å². The molecular weight excluding hydrogens is 158 g/mol. The van der Waals surface area contributed by atoms with Gasteiger partial charge >= 0.3 is 0 Å². The van der Waals surface area contributed by atoms with E-state index < -0.39 is 0 Å². The van der Waals surface area contributed by atoms with Crippen molar-refractivity contribution in [1.29, 1.82) is 0 Å². The number of rotatable bonds is 0. The Kier molecular flexibility index (Phi) is 1.09. The first-order valence-corrected chi connectivity index (χ1v) is 4.76. The number of hydrogen-bond donors (Lipinski definition) is 1. The summed E-state index contributed by atoms with van der Waals surface area (Å²) >= 11 is 0. The number of nitrogens with two attached hydrogens (primary N) is 1. The lowest BCUT2D eigenvalue weighted by Crippen LogP contribution is -2.30. The van der Waals surface area contributed by atoms with Crippen molar-refractivity contribution >= 4 is 0 Å². The largest absolute Gasteiger partial charge is 0.401 e. The third-order valence-electron chi connectivity index (χ3n) is 3.73. The lowest BCUT2D eigenvalue weighted by atomic mass is 9.72. The molecule has 1 heteroatoms. The quantitative estimate of drug-likeness (QED) is 0.555. The lowest BCUT2D eigenvalue weighted by molar-refractivity contribution is 0.411. The number of fused-ring (bicyclic) bond motifs is 1. The van der Waals surface area contributed by atoms with E-state index >= 15 is 0 Å². The molecule has 3 atom stereocenters. The summed E-state index contributed by atoms with van der Waals surface area (Å²) in [5, 5.41) is 0. The lowest BCUT2D eigenvalue weighted by Gasteiger charge is -2.33. The molecule has 0 aromatic heterocycles. The third kappa shape index (κ3) is 0.646. The first kappa shape index (κ1) is 7.19. The Hall–Kier alpha value is -1.24. The molecule has 1 saturated carbocycles. The van der Waals surface area contributed by atoms with Crippen molar-refractivity contribution in [3.8, 4) is 0 Å². The summed E-state index contributed by atoms with van der Waals surface area (Å²) in [6.07, 6.45) is 12.0. The third-order valence-corrected chi connectivity index (χ3v) is 3.73. The fourth-order valence-corrected chi connectivity index (χ4v) is 2.95. The molecule has 13 heavy (non-hydrogen) atoms. The second-order valence-electron chi connectivity index (χ2n) is 4.27. The van der Waals surface area contributed by atoms with Crippen LogP contribution in [0.25, 0.3) is 0 Å². The normalized spacial score (nSPS) is 45.2. The van der Waals surface area contributed by atoms with Crippen LogP contribution >= 0.6 is 0 Å². The Balaban J connectivity index is 2.21. The van der Waals surface area contributed by atoms with Gasteiger partial charge in [-0.2, -0.15) is 0 Å². The standard InChI is InChI=1S/C12H13N/c1-8-9-5-6-12(7-9)10(8)3-2-4-11(12)13/h2-6,9-10H,1,7,13H2. The van der Waals surface area contributed by atoms with Crippen LogP contribution in [0.4, 0.5) is 0 Å². The van der Waals surface area contributed by atoms with Gasteiger partial charge in [0.25, 0.3) is 0 Å². The van der Waals surface area contributed by atoms with Crippen LogP contribution in [-0.2, 0) is 0 Å². The van der Waals surface area contributed by atoms with Crippen LogP contribution in [0.3, 0.4) is 0 Å². The van der Waals surface area contributed by atoms with Crippen LogP contribution in [0.2, 0.25) is 0 Å². The average Bonchev–Trinajstić information content (AvgIpc) is 2.64. The second-order valence-corrected chi connectivity index (χ2v) is 4.27. The highest BCUT2D eigenvalue weighted by molar-refractivity contribution is 5.47. The first-order chi connectivity index (χ1) is 6.24. The van der Waals surface area contributed by atoms with E-state index in [1.165, 1.54) is 5.57 Å². The van der Waals surface area contributed by atoms with Crippen molar-refractivity contribution in [1.82, 2.24) is 0 Å². The number of allylic oxidation sites excluding steroid dienone is 6. The van der Waals surface area contributed by atoms with Crippen molar-refractivity contribution in [2.24, 2.45) is 23.0 Å². The first-order valence-electron chi connectivity index (χ1n) is 4.76. The summed E-state index contributed by atoms with van der Waals surface area (Å²) in [6, 6.07) is 0. The minimum Gasteiger partial charge on any atom is -0.401 e. The Bertz CT molecular complexity index is 373. The zero-order valence-corrected chi connectivity index (χ0v) is 7.53. The van der Waals surface area contributed by atoms with E-state index in [-0.39, 0.29) is 5.41 Å². The molecule has 3 rings (SSSR count). The van der Waals surface area contributed by atoms with Gasteiger partial charge in [0, 0.05) is 17.0 Å². The summed E-state index contributed by atoms with van der Waals surface area (Å²) in [5.74, 6) is 1.03. The minimum absolute atomic E-state index is 0.108. The van der Waals surface area contributed by atoms with E-state index in [1.54, 1.807) is 0 Å². The highest BCUT2D eigenvalue weighted by atomic mass is 14.7. The number of hydrogen-bond acceptors (Lipinski definition) is 1. The molecule has 0 saturated heterocycles. The zero-order chi connectivity index (χ0) is 9.05. The van der Waals surface area contributed by atoms with Crippen molar-refractivity contribution in [3.63, 3.8) is 0 Å². The van der Waals surface area contributed by atoms with E-state index in [1.807, 2.05) is 6.08 Å². The van der Waals surface area contributed by atoms with Gasteiger partial charge in [0.15, 0.2) is 0 Å². The summed E-state index contributed by atoms with van der Waals surface area (Å²) < 4.78 is 0. The van der Waals surface area contributed by atoms with Crippen molar-refractivity contribution in [2.45, 2.75) is 6.42 Å². The Morgan fingerprint density at radius 1 is 1.46 bits per heavy atom. The molecule has 0 amide bonds. The highest BCUT2D eigenvalue weighted by Gasteiger charge is 2.52. The van der Waals surface area contributed by atoms with E-state index in [2.05, 4.69) is 30.9 Å². The maximum Gasteiger partial charge on any atom is 0.0386 e. The van der Waals surface area contributed by atoms with Gasteiger partial charge in [0.05, 0.1) is 0 Å². The fourth-order valence-electron chi connectivity index (χ4n) is 2.95. The van der Waals surface area contributed by atoms with Crippen molar-refractivity contribution in [3.05, 3.63) is 48.2 Å². The molecule has 1 spiro atoms. The SMILES string of the molecule is C=C1C2C=CC3(C2)C(N)=CC=CC13. The summed E-state index contributed by atoms with van der Waals surface area (Å²) in [5.41, 5.74) is 8.53. The second kappa shape index (κ2) is 1.98. The molecule has 1 fully saturated rings. The van der Waals surface area contributed by atoms with E-state index in [4.69, 9.17) is 5.73 Å². The molecular formula is C12H13N. The van der Waals surface area contributed by atoms with Crippen LogP contribution < -0.4 is 5.73 Å². The van der Waals surface area contributed by atoms with Crippen LogP contribution in [-0.4, -0.2) is 0 Å². The van der Waals surface area contributed by atoms with Gasteiger partial charge in [-0.05, 0) is 18.4 Å².